The number of anilines is 1. The molecule has 0 unspecified atom stereocenters. The van der Waals surface area contributed by atoms with Crippen LogP contribution in [0.1, 0.15) is 53.6 Å². The van der Waals surface area contributed by atoms with Gasteiger partial charge in [0.25, 0.3) is 0 Å². The lowest BCUT2D eigenvalue weighted by Crippen LogP contribution is -2.30. The first-order valence-electron chi connectivity index (χ1n) is 9.99. The number of hydrogen-bond acceptors (Lipinski definition) is 2. The Kier molecular flexibility index (Phi) is 4.39. The molecule has 0 spiro atoms. The molecule has 29 heavy (non-hydrogen) atoms. The lowest BCUT2D eigenvalue weighted by atomic mass is 9.96. The Bertz CT molecular complexity index is 1070. The number of para-hydroxylation sites is 1. The maximum absolute atomic E-state index is 14.8. The molecule has 3 aromatic rings. The second-order valence-electron chi connectivity index (χ2n) is 7.88. The largest absolute Gasteiger partial charge is 0.351 e. The number of rotatable bonds is 4. The molecular weight excluding hydrogens is 383 g/mol. The van der Waals surface area contributed by atoms with Crippen LogP contribution in [0.25, 0.3) is 0 Å². The molecule has 1 aromatic carbocycles. The highest BCUT2D eigenvalue weighted by Gasteiger charge is 2.43. The number of aromatic nitrogens is 2. The number of aryl methyl sites for hydroxylation is 1. The molecule has 0 radical (unpaired) electrons. The fourth-order valence-corrected chi connectivity index (χ4v) is 4.91. The van der Waals surface area contributed by atoms with Crippen LogP contribution in [0.5, 0.6) is 0 Å². The van der Waals surface area contributed by atoms with Crippen molar-refractivity contribution in [1.82, 2.24) is 14.9 Å². The van der Waals surface area contributed by atoms with Gasteiger partial charge in [0.2, 0.25) is 0 Å². The third kappa shape index (κ3) is 3.02. The van der Waals surface area contributed by atoms with E-state index in [4.69, 9.17) is 12.2 Å². The minimum absolute atomic E-state index is 0.156. The van der Waals surface area contributed by atoms with Crippen LogP contribution >= 0.6 is 12.2 Å². The maximum Gasteiger partial charge on any atom is 0.174 e. The van der Waals surface area contributed by atoms with Gasteiger partial charge in [0.1, 0.15) is 5.82 Å². The van der Waals surface area contributed by atoms with Gasteiger partial charge in [-0.3, -0.25) is 4.98 Å². The van der Waals surface area contributed by atoms with E-state index in [1.54, 1.807) is 18.3 Å². The SMILES string of the molecule is Cc1cc([C@H]2[C@@H](c3ccccn3)NC(=S)N2c2ccccc2F)c(C)n1C1CC1. The highest BCUT2D eigenvalue weighted by molar-refractivity contribution is 7.80. The molecule has 5 rings (SSSR count). The smallest absolute Gasteiger partial charge is 0.174 e. The maximum atomic E-state index is 14.8. The zero-order chi connectivity index (χ0) is 20.1. The standard InChI is InChI=1S/C23H23FN4S/c1-14-13-17(15(2)27(14)16-10-11-16)22-21(19-8-5-6-12-25-19)26-23(29)28(22)20-9-4-3-7-18(20)24/h3-9,12-13,16,21-22H,10-11H2,1-2H3,(H,26,29)/t21-,22+/m1/s1. The van der Waals surface area contributed by atoms with Crippen molar-refractivity contribution >= 4 is 23.0 Å². The van der Waals surface area contributed by atoms with Crippen LogP contribution in [-0.2, 0) is 0 Å². The van der Waals surface area contributed by atoms with Gasteiger partial charge in [-0.25, -0.2) is 4.39 Å². The van der Waals surface area contributed by atoms with Crippen molar-refractivity contribution in [3.05, 3.63) is 83.2 Å². The summed E-state index contributed by atoms with van der Waals surface area (Å²) < 4.78 is 17.2. The van der Waals surface area contributed by atoms with E-state index in [0.29, 0.717) is 16.8 Å². The van der Waals surface area contributed by atoms with Crippen LogP contribution in [0.15, 0.2) is 54.7 Å². The van der Waals surface area contributed by atoms with Crippen molar-refractivity contribution < 1.29 is 4.39 Å². The quantitative estimate of drug-likeness (QED) is 0.608. The van der Waals surface area contributed by atoms with Gasteiger partial charge in [-0.1, -0.05) is 18.2 Å². The molecule has 1 saturated heterocycles. The van der Waals surface area contributed by atoms with Gasteiger partial charge >= 0.3 is 0 Å². The lowest BCUT2D eigenvalue weighted by Gasteiger charge is -2.28. The van der Waals surface area contributed by atoms with Gasteiger partial charge in [-0.05, 0) is 74.8 Å². The molecule has 2 atom stereocenters. The van der Waals surface area contributed by atoms with Crippen molar-refractivity contribution in [1.29, 1.82) is 0 Å². The summed E-state index contributed by atoms with van der Waals surface area (Å²) in [5, 5.41) is 3.93. The van der Waals surface area contributed by atoms with E-state index in [-0.39, 0.29) is 17.9 Å². The van der Waals surface area contributed by atoms with E-state index >= 15 is 0 Å². The molecular formula is C23H23FN4S. The van der Waals surface area contributed by atoms with Crippen molar-refractivity contribution in [2.75, 3.05) is 4.90 Å². The molecule has 1 N–H and O–H groups in total. The number of thiocarbonyl (C=S) groups is 1. The highest BCUT2D eigenvalue weighted by atomic mass is 32.1. The number of halogens is 1. The summed E-state index contributed by atoms with van der Waals surface area (Å²) in [5.41, 5.74) is 5.02. The summed E-state index contributed by atoms with van der Waals surface area (Å²) in [4.78, 5) is 6.50. The van der Waals surface area contributed by atoms with Crippen LogP contribution in [0.3, 0.4) is 0 Å². The highest BCUT2D eigenvalue weighted by Crippen LogP contribution is 2.46. The minimum Gasteiger partial charge on any atom is -0.351 e. The predicted molar refractivity (Wildman–Crippen MR) is 117 cm³/mol. The van der Waals surface area contributed by atoms with E-state index in [1.807, 2.05) is 29.2 Å². The number of nitrogens with zero attached hydrogens (tertiary/aromatic N) is 3. The Labute approximate surface area is 175 Å². The second kappa shape index (κ2) is 6.95. The molecule has 2 aromatic heterocycles. The number of hydrogen-bond donors (Lipinski definition) is 1. The fraction of sp³-hybridized carbons (Fsp3) is 0.304. The van der Waals surface area contributed by atoms with Gasteiger partial charge in [0, 0.05) is 23.6 Å². The van der Waals surface area contributed by atoms with Crippen molar-refractivity contribution in [3.63, 3.8) is 0 Å². The van der Waals surface area contributed by atoms with E-state index in [9.17, 15) is 4.39 Å². The zero-order valence-electron chi connectivity index (χ0n) is 16.5. The first-order valence-corrected chi connectivity index (χ1v) is 10.4. The summed E-state index contributed by atoms with van der Waals surface area (Å²) in [6, 6.07) is 15.2. The normalized spacial score (nSPS) is 21.5. The first-order chi connectivity index (χ1) is 14.1. The molecule has 2 fully saturated rings. The van der Waals surface area contributed by atoms with Crippen LogP contribution in [0.2, 0.25) is 0 Å². The number of pyridine rings is 1. The summed E-state index contributed by atoms with van der Waals surface area (Å²) in [5.74, 6) is -0.278. The molecule has 1 saturated carbocycles. The third-order valence-electron chi connectivity index (χ3n) is 5.96. The zero-order valence-corrected chi connectivity index (χ0v) is 17.3. The predicted octanol–water partition coefficient (Wildman–Crippen LogP) is 5.15. The average molecular weight is 407 g/mol. The topological polar surface area (TPSA) is 33.1 Å². The molecule has 3 heterocycles. The van der Waals surface area contributed by atoms with E-state index in [0.717, 1.165) is 5.69 Å². The van der Waals surface area contributed by atoms with Gasteiger partial charge < -0.3 is 14.8 Å². The first kappa shape index (κ1) is 18.3. The Hall–Kier alpha value is -2.73. The molecule has 0 bridgehead atoms. The molecule has 0 amide bonds. The Balaban J connectivity index is 1.68. The molecule has 1 aliphatic heterocycles. The molecule has 148 valence electrons. The Morgan fingerprint density at radius 2 is 1.86 bits per heavy atom. The van der Waals surface area contributed by atoms with E-state index in [1.165, 1.54) is 35.9 Å². The summed E-state index contributed by atoms with van der Waals surface area (Å²) >= 11 is 5.70. The van der Waals surface area contributed by atoms with Crippen LogP contribution in [-0.4, -0.2) is 14.7 Å². The van der Waals surface area contributed by atoms with E-state index < -0.39 is 0 Å². The molecule has 2 aliphatic rings. The van der Waals surface area contributed by atoms with Crippen molar-refractivity contribution in [3.8, 4) is 0 Å². The van der Waals surface area contributed by atoms with E-state index in [2.05, 4.69) is 34.8 Å². The van der Waals surface area contributed by atoms with Gasteiger partial charge in [-0.2, -0.15) is 0 Å². The van der Waals surface area contributed by atoms with Crippen LogP contribution < -0.4 is 10.2 Å². The monoisotopic (exact) mass is 406 g/mol. The van der Waals surface area contributed by atoms with Crippen molar-refractivity contribution in [2.24, 2.45) is 0 Å². The average Bonchev–Trinajstić information content (AvgIpc) is 3.43. The molecule has 1 aliphatic carbocycles. The summed E-state index contributed by atoms with van der Waals surface area (Å²) in [6.45, 7) is 4.32. The van der Waals surface area contributed by atoms with Gasteiger partial charge in [-0.15, -0.1) is 0 Å². The van der Waals surface area contributed by atoms with Crippen molar-refractivity contribution in [2.45, 2.75) is 44.8 Å². The van der Waals surface area contributed by atoms with Gasteiger partial charge in [0.15, 0.2) is 5.11 Å². The molecule has 6 heteroatoms. The van der Waals surface area contributed by atoms with Crippen LogP contribution in [0.4, 0.5) is 10.1 Å². The minimum atomic E-state index is -0.278. The van der Waals surface area contributed by atoms with Crippen LogP contribution in [0, 0.1) is 19.7 Å². The summed E-state index contributed by atoms with van der Waals surface area (Å²) in [6.07, 6.45) is 4.23. The van der Waals surface area contributed by atoms with Gasteiger partial charge in [0.05, 0.1) is 23.5 Å². The molecule has 4 nitrogen and oxygen atoms in total. The lowest BCUT2D eigenvalue weighted by molar-refractivity contribution is 0.553. The number of nitrogens with one attached hydrogen (secondary N) is 1. The second-order valence-corrected chi connectivity index (χ2v) is 8.26. The number of benzene rings is 1. The third-order valence-corrected chi connectivity index (χ3v) is 6.28. The Morgan fingerprint density at radius 1 is 1.10 bits per heavy atom. The fourth-order valence-electron chi connectivity index (χ4n) is 4.57. The Morgan fingerprint density at radius 3 is 2.55 bits per heavy atom. The summed E-state index contributed by atoms with van der Waals surface area (Å²) in [7, 11) is 0.